The number of rotatable bonds is 7. The maximum atomic E-state index is 6.37. The zero-order valence-electron chi connectivity index (χ0n) is 16.2. The number of hydrogen-bond acceptors (Lipinski definition) is 5. The molecule has 0 aromatic heterocycles. The Bertz CT molecular complexity index is 807. The summed E-state index contributed by atoms with van der Waals surface area (Å²) < 4.78 is 22.7. The van der Waals surface area contributed by atoms with Gasteiger partial charge in [-0.2, -0.15) is 0 Å². The van der Waals surface area contributed by atoms with Gasteiger partial charge in [0.25, 0.3) is 0 Å². The predicted octanol–water partition coefficient (Wildman–Crippen LogP) is 4.40. The summed E-state index contributed by atoms with van der Waals surface area (Å²) in [5, 5.41) is 0.706. The minimum absolute atomic E-state index is 0.258. The topological polar surface area (TPSA) is 40.2 Å². The molecular formula is C22H26ClNO4. The summed E-state index contributed by atoms with van der Waals surface area (Å²) in [6.45, 7) is 4.00. The third kappa shape index (κ3) is 4.61. The molecule has 2 heterocycles. The number of halogens is 1. The highest BCUT2D eigenvalue weighted by Gasteiger charge is 2.23. The van der Waals surface area contributed by atoms with Gasteiger partial charge in [0.15, 0.2) is 6.79 Å². The summed E-state index contributed by atoms with van der Waals surface area (Å²) in [4.78, 5) is 2.39. The van der Waals surface area contributed by atoms with Gasteiger partial charge in [0, 0.05) is 48.0 Å². The van der Waals surface area contributed by atoms with Crippen LogP contribution < -0.4 is 9.47 Å². The van der Waals surface area contributed by atoms with Crippen LogP contribution in [0.2, 0.25) is 5.02 Å². The van der Waals surface area contributed by atoms with E-state index in [1.165, 1.54) is 0 Å². The van der Waals surface area contributed by atoms with E-state index < -0.39 is 0 Å². The van der Waals surface area contributed by atoms with Crippen molar-refractivity contribution < 1.29 is 18.9 Å². The van der Waals surface area contributed by atoms with E-state index in [-0.39, 0.29) is 12.9 Å². The minimum atomic E-state index is 0.258. The predicted molar refractivity (Wildman–Crippen MR) is 108 cm³/mol. The normalized spacial score (nSPS) is 18.8. The average molecular weight is 404 g/mol. The number of hydrogen-bond donors (Lipinski definition) is 0. The Labute approximate surface area is 171 Å². The summed E-state index contributed by atoms with van der Waals surface area (Å²) in [6, 6.07) is 12.1. The Hall–Kier alpha value is -1.79. The van der Waals surface area contributed by atoms with Crippen molar-refractivity contribution in [3.05, 3.63) is 58.1 Å². The smallest absolute Gasteiger partial charge is 0.189 e. The zero-order valence-corrected chi connectivity index (χ0v) is 16.9. The molecule has 0 bridgehead atoms. The van der Waals surface area contributed by atoms with Gasteiger partial charge in [0.1, 0.15) is 11.5 Å². The molecule has 0 spiro atoms. The number of para-hydroxylation sites is 1. The molecule has 1 saturated heterocycles. The molecule has 0 radical (unpaired) electrons. The van der Waals surface area contributed by atoms with Gasteiger partial charge in [0.05, 0.1) is 19.8 Å². The van der Waals surface area contributed by atoms with Gasteiger partial charge >= 0.3 is 0 Å². The van der Waals surface area contributed by atoms with Crippen LogP contribution in [0.1, 0.15) is 29.5 Å². The molecule has 6 heteroatoms. The molecule has 0 amide bonds. The van der Waals surface area contributed by atoms with Crippen LogP contribution in [0.5, 0.6) is 11.5 Å². The van der Waals surface area contributed by atoms with Crippen molar-refractivity contribution >= 4 is 11.6 Å². The highest BCUT2D eigenvalue weighted by molar-refractivity contribution is 6.30. The molecule has 2 aliphatic rings. The molecule has 28 heavy (non-hydrogen) atoms. The van der Waals surface area contributed by atoms with Crippen molar-refractivity contribution in [3.63, 3.8) is 0 Å². The fourth-order valence-corrected chi connectivity index (χ4v) is 4.21. The molecule has 0 saturated carbocycles. The monoisotopic (exact) mass is 403 g/mol. The third-order valence-electron chi connectivity index (χ3n) is 5.22. The van der Waals surface area contributed by atoms with E-state index in [1.54, 1.807) is 7.11 Å². The first kappa shape index (κ1) is 19.5. The van der Waals surface area contributed by atoms with Crippen molar-refractivity contribution in [2.75, 3.05) is 27.1 Å². The largest absolute Gasteiger partial charge is 0.496 e. The van der Waals surface area contributed by atoms with Crippen molar-refractivity contribution in [2.24, 2.45) is 0 Å². The molecule has 2 aromatic rings. The fourth-order valence-electron chi connectivity index (χ4n) is 3.95. The Morgan fingerprint density at radius 2 is 2.04 bits per heavy atom. The molecule has 150 valence electrons. The molecule has 1 unspecified atom stereocenters. The molecule has 2 aromatic carbocycles. The summed E-state index contributed by atoms with van der Waals surface area (Å²) in [5.41, 5.74) is 3.24. The van der Waals surface area contributed by atoms with Gasteiger partial charge in [-0.25, -0.2) is 0 Å². The van der Waals surface area contributed by atoms with Crippen LogP contribution in [0.3, 0.4) is 0 Å². The van der Waals surface area contributed by atoms with Crippen molar-refractivity contribution in [2.45, 2.75) is 38.6 Å². The molecule has 0 aliphatic carbocycles. The highest BCUT2D eigenvalue weighted by Crippen LogP contribution is 2.33. The lowest BCUT2D eigenvalue weighted by atomic mass is 10.1. The maximum absolute atomic E-state index is 6.37. The van der Waals surface area contributed by atoms with Crippen LogP contribution in [-0.2, 0) is 29.2 Å². The van der Waals surface area contributed by atoms with Gasteiger partial charge in [-0.3, -0.25) is 4.90 Å². The van der Waals surface area contributed by atoms with Gasteiger partial charge < -0.3 is 18.9 Å². The summed E-state index contributed by atoms with van der Waals surface area (Å²) >= 11 is 6.37. The van der Waals surface area contributed by atoms with Crippen LogP contribution >= 0.6 is 11.6 Å². The lowest BCUT2D eigenvalue weighted by Crippen LogP contribution is -2.32. The lowest BCUT2D eigenvalue weighted by molar-refractivity contribution is -0.0177. The van der Waals surface area contributed by atoms with E-state index in [0.717, 1.165) is 67.3 Å². The average Bonchev–Trinajstić information content (AvgIpc) is 3.21. The Morgan fingerprint density at radius 1 is 1.18 bits per heavy atom. The number of fused-ring (bicyclic) bond motifs is 1. The fraction of sp³-hybridized carbons (Fsp3) is 0.455. The van der Waals surface area contributed by atoms with Crippen LogP contribution in [0.15, 0.2) is 36.4 Å². The van der Waals surface area contributed by atoms with Crippen LogP contribution in [0, 0.1) is 0 Å². The van der Waals surface area contributed by atoms with Crippen LogP contribution in [0.25, 0.3) is 0 Å². The first-order valence-electron chi connectivity index (χ1n) is 9.70. The SMILES string of the molecule is COc1ccccc1CN(Cc1cc(Cl)cc2c1OCOC2)CC1CCCO1. The van der Waals surface area contributed by atoms with Crippen LogP contribution in [-0.4, -0.2) is 38.1 Å². The molecule has 0 N–H and O–H groups in total. The van der Waals surface area contributed by atoms with Gasteiger partial charge in [-0.05, 0) is 31.0 Å². The van der Waals surface area contributed by atoms with E-state index in [4.69, 9.17) is 30.5 Å². The van der Waals surface area contributed by atoms with E-state index >= 15 is 0 Å². The van der Waals surface area contributed by atoms with E-state index in [9.17, 15) is 0 Å². The zero-order chi connectivity index (χ0) is 19.3. The van der Waals surface area contributed by atoms with Crippen LogP contribution in [0.4, 0.5) is 0 Å². The van der Waals surface area contributed by atoms with E-state index in [2.05, 4.69) is 11.0 Å². The molecule has 1 atom stereocenters. The van der Waals surface area contributed by atoms with E-state index in [0.29, 0.717) is 11.6 Å². The minimum Gasteiger partial charge on any atom is -0.496 e. The number of benzene rings is 2. The van der Waals surface area contributed by atoms with Gasteiger partial charge in [0.2, 0.25) is 0 Å². The maximum Gasteiger partial charge on any atom is 0.189 e. The molecule has 5 nitrogen and oxygen atoms in total. The first-order chi connectivity index (χ1) is 13.7. The molecule has 2 aliphatic heterocycles. The lowest BCUT2D eigenvalue weighted by Gasteiger charge is -2.28. The van der Waals surface area contributed by atoms with Crippen molar-refractivity contribution in [1.82, 2.24) is 4.90 Å². The Balaban J connectivity index is 1.59. The molecule has 1 fully saturated rings. The summed E-state index contributed by atoms with van der Waals surface area (Å²) in [6.07, 6.45) is 2.48. The second-order valence-corrected chi connectivity index (χ2v) is 7.72. The summed E-state index contributed by atoms with van der Waals surface area (Å²) in [7, 11) is 1.71. The van der Waals surface area contributed by atoms with Crippen molar-refractivity contribution in [1.29, 1.82) is 0 Å². The van der Waals surface area contributed by atoms with Gasteiger partial charge in [-0.1, -0.05) is 29.8 Å². The molecular weight excluding hydrogens is 378 g/mol. The van der Waals surface area contributed by atoms with E-state index in [1.807, 2.05) is 30.3 Å². The highest BCUT2D eigenvalue weighted by atomic mass is 35.5. The second kappa shape index (κ2) is 9.14. The quantitative estimate of drug-likeness (QED) is 0.685. The number of methoxy groups -OCH3 is 1. The molecule has 4 rings (SSSR count). The standard InChI is InChI=1S/C22H26ClNO4/c1-25-21-7-3-2-5-16(21)11-24(13-20-6-4-8-27-20)12-17-9-19(23)10-18-14-26-15-28-22(17)18/h2-3,5,7,9-10,20H,4,6,8,11-15H2,1H3. The summed E-state index contributed by atoms with van der Waals surface area (Å²) in [5.74, 6) is 1.80. The second-order valence-electron chi connectivity index (χ2n) is 7.28. The Morgan fingerprint density at radius 3 is 2.86 bits per heavy atom. The first-order valence-corrected chi connectivity index (χ1v) is 10.1. The Kier molecular flexibility index (Phi) is 6.37. The number of nitrogens with zero attached hydrogens (tertiary/aromatic N) is 1. The van der Waals surface area contributed by atoms with Crippen molar-refractivity contribution in [3.8, 4) is 11.5 Å². The van der Waals surface area contributed by atoms with Gasteiger partial charge in [-0.15, -0.1) is 0 Å². The number of ether oxygens (including phenoxy) is 4. The third-order valence-corrected chi connectivity index (χ3v) is 5.44.